The second-order valence-electron chi connectivity index (χ2n) is 5.62. The first-order chi connectivity index (χ1) is 11.4. The molecule has 24 heavy (non-hydrogen) atoms. The highest BCUT2D eigenvalue weighted by Gasteiger charge is 2.36. The number of carbonyl (C=O) groups is 1. The van der Waals surface area contributed by atoms with Gasteiger partial charge in [0.15, 0.2) is 11.6 Å². The maximum Gasteiger partial charge on any atom is 0.407 e. The van der Waals surface area contributed by atoms with Gasteiger partial charge in [0.1, 0.15) is 11.6 Å². The maximum atomic E-state index is 14.1. The minimum absolute atomic E-state index is 0.0397. The predicted octanol–water partition coefficient (Wildman–Crippen LogP) is 2.98. The van der Waals surface area contributed by atoms with Gasteiger partial charge in [-0.1, -0.05) is 0 Å². The van der Waals surface area contributed by atoms with Crippen molar-refractivity contribution in [2.24, 2.45) is 0 Å². The molecule has 0 spiro atoms. The summed E-state index contributed by atoms with van der Waals surface area (Å²) >= 11 is 0. The number of aromatic nitrogens is 1. The average Bonchev–Trinajstić information content (AvgIpc) is 2.97. The zero-order valence-corrected chi connectivity index (χ0v) is 12.3. The number of H-pyrrole nitrogens is 1. The number of hydrogen-bond acceptors (Lipinski definition) is 3. The molecule has 9 heteroatoms. The summed E-state index contributed by atoms with van der Waals surface area (Å²) in [6, 6.07) is 1.28. The number of hydrogen-bond donors (Lipinski definition) is 2. The Bertz CT molecular complexity index is 832. The van der Waals surface area contributed by atoms with E-state index in [2.05, 4.69) is 5.16 Å². The molecule has 1 saturated heterocycles. The number of amides is 1. The van der Waals surface area contributed by atoms with Gasteiger partial charge in [0, 0.05) is 30.2 Å². The van der Waals surface area contributed by atoms with Crippen LogP contribution in [0.1, 0.15) is 36.1 Å². The number of likely N-dealkylation sites (tertiary alicyclic amines) is 1. The minimum atomic E-state index is -1.35. The molecule has 3 rings (SSSR count). The Kier molecular flexibility index (Phi) is 4.08. The molecule has 1 amide bonds. The summed E-state index contributed by atoms with van der Waals surface area (Å²) in [5.74, 6) is -3.66. The fourth-order valence-electron chi connectivity index (χ4n) is 3.04. The highest BCUT2D eigenvalue weighted by atomic mass is 19.2. The molecule has 2 unspecified atom stereocenters. The van der Waals surface area contributed by atoms with Crippen molar-refractivity contribution >= 4 is 6.09 Å². The summed E-state index contributed by atoms with van der Waals surface area (Å²) in [5, 5.41) is 11.4. The van der Waals surface area contributed by atoms with Gasteiger partial charge in [-0.2, -0.15) is 5.16 Å². The number of nitrogens with zero attached hydrogens (tertiary/aromatic N) is 1. The third-order valence-electron chi connectivity index (χ3n) is 4.19. The topological polar surface area (TPSA) is 86.5 Å². The molecule has 128 valence electrons. The fraction of sp³-hybridized carbons (Fsp3) is 0.333. The monoisotopic (exact) mass is 342 g/mol. The van der Waals surface area contributed by atoms with Gasteiger partial charge in [-0.05, 0) is 18.9 Å². The van der Waals surface area contributed by atoms with Crippen LogP contribution < -0.4 is 5.56 Å². The van der Waals surface area contributed by atoms with Crippen LogP contribution in [-0.2, 0) is 0 Å². The van der Waals surface area contributed by atoms with E-state index in [4.69, 9.17) is 4.52 Å². The molecule has 1 aliphatic heterocycles. The zero-order valence-electron chi connectivity index (χ0n) is 12.3. The van der Waals surface area contributed by atoms with Crippen LogP contribution in [0.5, 0.6) is 0 Å². The van der Waals surface area contributed by atoms with E-state index in [9.17, 15) is 27.9 Å². The van der Waals surface area contributed by atoms with Crippen LogP contribution in [0.2, 0.25) is 0 Å². The average molecular weight is 342 g/mol. The molecule has 2 N–H and O–H groups in total. The van der Waals surface area contributed by atoms with E-state index in [-0.39, 0.29) is 24.4 Å². The standard InChI is InChI=1S/C15H13F3N2O4/c16-9-5-11(18)10(17)4-8(9)12-3-7(1-2-20(12)15(22)23)13-6-14(21)19-24-13/h4-7,12H,1-3H2,(H,19,21)(H,22,23). The number of aromatic amines is 1. The van der Waals surface area contributed by atoms with Gasteiger partial charge < -0.3 is 14.5 Å². The largest absolute Gasteiger partial charge is 0.465 e. The lowest BCUT2D eigenvalue weighted by molar-refractivity contribution is 0.0953. The second-order valence-corrected chi connectivity index (χ2v) is 5.62. The molecule has 1 aromatic heterocycles. The predicted molar refractivity (Wildman–Crippen MR) is 75.1 cm³/mol. The molecule has 2 heterocycles. The Balaban J connectivity index is 1.98. The van der Waals surface area contributed by atoms with Crippen molar-refractivity contribution in [1.82, 2.24) is 10.1 Å². The zero-order chi connectivity index (χ0) is 17.4. The van der Waals surface area contributed by atoms with Crippen LogP contribution in [0.15, 0.2) is 27.5 Å². The van der Waals surface area contributed by atoms with Crippen molar-refractivity contribution in [3.05, 3.63) is 57.3 Å². The first kappa shape index (κ1) is 16.2. The molecule has 0 saturated carbocycles. The second kappa shape index (κ2) is 6.06. The fourth-order valence-corrected chi connectivity index (χ4v) is 3.04. The summed E-state index contributed by atoms with van der Waals surface area (Å²) in [5.41, 5.74) is -0.694. The highest BCUT2D eigenvalue weighted by Crippen LogP contribution is 2.40. The molecule has 0 radical (unpaired) electrons. The molecule has 1 aliphatic rings. The van der Waals surface area contributed by atoms with Crippen LogP contribution in [0, 0.1) is 17.5 Å². The Morgan fingerprint density at radius 2 is 1.92 bits per heavy atom. The number of piperidine rings is 1. The molecule has 1 fully saturated rings. The Labute approximate surface area is 133 Å². The van der Waals surface area contributed by atoms with Crippen molar-refractivity contribution in [3.8, 4) is 0 Å². The molecule has 0 aliphatic carbocycles. The van der Waals surface area contributed by atoms with Crippen molar-refractivity contribution < 1.29 is 27.6 Å². The van der Waals surface area contributed by atoms with E-state index in [1.54, 1.807) is 0 Å². The number of rotatable bonds is 2. The van der Waals surface area contributed by atoms with Gasteiger partial charge in [0.2, 0.25) is 0 Å². The summed E-state index contributed by atoms with van der Waals surface area (Å²) in [4.78, 5) is 23.6. The smallest absolute Gasteiger partial charge is 0.407 e. The molecule has 0 bridgehead atoms. The molecular formula is C15H13F3N2O4. The van der Waals surface area contributed by atoms with Gasteiger partial charge in [-0.15, -0.1) is 0 Å². The van der Waals surface area contributed by atoms with E-state index in [1.165, 1.54) is 6.07 Å². The molecule has 1 aromatic carbocycles. The van der Waals surface area contributed by atoms with Crippen molar-refractivity contribution in [2.45, 2.75) is 24.8 Å². The minimum Gasteiger partial charge on any atom is -0.465 e. The van der Waals surface area contributed by atoms with E-state index >= 15 is 0 Å². The van der Waals surface area contributed by atoms with Gasteiger partial charge in [-0.3, -0.25) is 4.79 Å². The lowest BCUT2D eigenvalue weighted by atomic mass is 9.85. The maximum absolute atomic E-state index is 14.1. The first-order valence-corrected chi connectivity index (χ1v) is 7.19. The van der Waals surface area contributed by atoms with E-state index in [1.807, 2.05) is 0 Å². The number of benzene rings is 1. The van der Waals surface area contributed by atoms with Crippen LogP contribution in [0.3, 0.4) is 0 Å². The third-order valence-corrected chi connectivity index (χ3v) is 4.19. The van der Waals surface area contributed by atoms with Gasteiger partial charge >= 0.3 is 6.09 Å². The summed E-state index contributed by atoms with van der Waals surface area (Å²) in [6.07, 6.45) is -0.859. The normalized spacial score (nSPS) is 21.0. The van der Waals surface area contributed by atoms with Crippen LogP contribution >= 0.6 is 0 Å². The summed E-state index contributed by atoms with van der Waals surface area (Å²) in [6.45, 7) is 0.0397. The number of carboxylic acid groups (broad SMARTS) is 1. The van der Waals surface area contributed by atoms with Gasteiger partial charge in [0.25, 0.3) is 5.56 Å². The Morgan fingerprint density at radius 1 is 1.21 bits per heavy atom. The molecular weight excluding hydrogens is 329 g/mol. The summed E-state index contributed by atoms with van der Waals surface area (Å²) in [7, 11) is 0. The van der Waals surface area contributed by atoms with Crippen molar-refractivity contribution in [3.63, 3.8) is 0 Å². The lowest BCUT2D eigenvalue weighted by Crippen LogP contribution is -2.40. The quantitative estimate of drug-likeness (QED) is 0.822. The van der Waals surface area contributed by atoms with E-state index in [0.29, 0.717) is 24.3 Å². The first-order valence-electron chi connectivity index (χ1n) is 7.19. The van der Waals surface area contributed by atoms with Crippen LogP contribution in [0.25, 0.3) is 0 Å². The van der Waals surface area contributed by atoms with Gasteiger partial charge in [0.05, 0.1) is 6.04 Å². The third kappa shape index (κ3) is 2.89. The lowest BCUT2D eigenvalue weighted by Gasteiger charge is -2.37. The van der Waals surface area contributed by atoms with Crippen LogP contribution in [-0.4, -0.2) is 27.8 Å². The van der Waals surface area contributed by atoms with E-state index < -0.39 is 35.1 Å². The van der Waals surface area contributed by atoms with Crippen molar-refractivity contribution in [1.29, 1.82) is 0 Å². The molecule has 6 nitrogen and oxygen atoms in total. The SMILES string of the molecule is O=C(O)N1CCC(c2cc(=O)[nH]o2)CC1c1cc(F)c(F)cc1F. The van der Waals surface area contributed by atoms with Gasteiger partial charge in [-0.25, -0.2) is 18.0 Å². The van der Waals surface area contributed by atoms with Crippen LogP contribution in [0.4, 0.5) is 18.0 Å². The molecule has 2 aromatic rings. The molecule has 2 atom stereocenters. The Morgan fingerprint density at radius 3 is 2.54 bits per heavy atom. The van der Waals surface area contributed by atoms with E-state index in [0.717, 1.165) is 4.90 Å². The highest BCUT2D eigenvalue weighted by molar-refractivity contribution is 5.66. The number of nitrogens with one attached hydrogen (secondary N) is 1. The Hall–Kier alpha value is -2.71. The summed E-state index contributed by atoms with van der Waals surface area (Å²) < 4.78 is 45.7. The number of halogens is 3. The van der Waals surface area contributed by atoms with Crippen molar-refractivity contribution in [2.75, 3.05) is 6.54 Å².